The van der Waals surface area contributed by atoms with Gasteiger partial charge in [0.25, 0.3) is 0 Å². The Balaban J connectivity index is 1.55. The van der Waals surface area contributed by atoms with E-state index in [1.54, 1.807) is 4.90 Å². The summed E-state index contributed by atoms with van der Waals surface area (Å²) in [4.78, 5) is 67.6. The summed E-state index contributed by atoms with van der Waals surface area (Å²) in [6.45, 7) is -0.0982. The van der Waals surface area contributed by atoms with Gasteiger partial charge < -0.3 is 38.1 Å². The Morgan fingerprint density at radius 1 is 0.975 bits per heavy atom. The molecule has 214 valence electrons. The molecule has 1 aliphatic rings. The van der Waals surface area contributed by atoms with Crippen LogP contribution in [0.5, 0.6) is 0 Å². The van der Waals surface area contributed by atoms with Crippen LogP contribution in [-0.4, -0.2) is 78.7 Å². The van der Waals surface area contributed by atoms with Crippen LogP contribution in [-0.2, 0) is 30.4 Å². The maximum atomic E-state index is 13.2. The van der Waals surface area contributed by atoms with Crippen molar-refractivity contribution in [3.05, 3.63) is 48.0 Å². The van der Waals surface area contributed by atoms with Crippen LogP contribution in [0, 0.1) is 0 Å². The van der Waals surface area contributed by atoms with E-state index in [2.05, 4.69) is 20.9 Å². The smallest absolute Gasteiger partial charge is 0.243 e. The van der Waals surface area contributed by atoms with Crippen LogP contribution >= 0.6 is 0 Å². The van der Waals surface area contributed by atoms with Crippen LogP contribution < -0.4 is 33.2 Å². The molecule has 13 heteroatoms. The highest BCUT2D eigenvalue weighted by atomic mass is 16.2. The number of hydrogen-bond donors (Lipinski definition) is 6. The lowest BCUT2D eigenvalue weighted by molar-refractivity contribution is -0.138. The highest BCUT2D eigenvalue weighted by molar-refractivity contribution is 5.95. The fraction of sp³-hybridized carbons (Fsp3) is 0.407. The Kier molecular flexibility index (Phi) is 10.8. The van der Waals surface area contributed by atoms with Gasteiger partial charge in [0.05, 0.1) is 19.5 Å². The average Bonchev–Trinajstić information content (AvgIpc) is 3.42. The van der Waals surface area contributed by atoms with E-state index in [0.29, 0.717) is 25.8 Å². The zero-order valence-corrected chi connectivity index (χ0v) is 22.2. The molecule has 2 atom stereocenters. The van der Waals surface area contributed by atoms with Gasteiger partial charge in [-0.3, -0.25) is 29.0 Å². The number of primary amides is 1. The maximum absolute atomic E-state index is 13.2. The topological polar surface area (TPSA) is 215 Å². The van der Waals surface area contributed by atoms with E-state index in [1.165, 1.54) is 0 Å². The highest BCUT2D eigenvalue weighted by Gasteiger charge is 2.34. The van der Waals surface area contributed by atoms with Gasteiger partial charge in [-0.1, -0.05) is 42.5 Å². The van der Waals surface area contributed by atoms with Gasteiger partial charge in [-0.05, 0) is 42.0 Å². The molecule has 1 saturated heterocycles. The summed E-state index contributed by atoms with van der Waals surface area (Å²) < 4.78 is 0. The first-order valence-corrected chi connectivity index (χ1v) is 13.1. The average molecular weight is 553 g/mol. The first-order valence-electron chi connectivity index (χ1n) is 13.1. The Morgan fingerprint density at radius 3 is 2.48 bits per heavy atom. The molecule has 1 aliphatic heterocycles. The first kappa shape index (κ1) is 29.9. The molecule has 1 heterocycles. The van der Waals surface area contributed by atoms with Gasteiger partial charge in [-0.2, -0.15) is 0 Å². The number of guanidine groups is 1. The Hall–Kier alpha value is -4.68. The lowest BCUT2D eigenvalue weighted by Gasteiger charge is -2.24. The summed E-state index contributed by atoms with van der Waals surface area (Å²) in [5.74, 6) is -2.66. The number of amides is 5. The summed E-state index contributed by atoms with van der Waals surface area (Å²) in [5.41, 5.74) is 16.6. The molecule has 40 heavy (non-hydrogen) atoms. The number of aliphatic imine (C=N–C) groups is 1. The predicted molar refractivity (Wildman–Crippen MR) is 149 cm³/mol. The van der Waals surface area contributed by atoms with Crippen molar-refractivity contribution in [3.8, 4) is 0 Å². The zero-order chi connectivity index (χ0) is 29.1. The van der Waals surface area contributed by atoms with Crippen LogP contribution in [0.15, 0.2) is 47.5 Å². The number of carbonyl (C=O) groups is 5. The number of carbonyl (C=O) groups excluding carboxylic acids is 5. The summed E-state index contributed by atoms with van der Waals surface area (Å²) in [6.07, 6.45) is 1.86. The quantitative estimate of drug-likeness (QED) is 0.0994. The fourth-order valence-corrected chi connectivity index (χ4v) is 4.65. The van der Waals surface area contributed by atoms with Crippen molar-refractivity contribution < 1.29 is 24.0 Å². The molecular formula is C27H36N8O5. The van der Waals surface area contributed by atoms with E-state index in [0.717, 1.165) is 16.3 Å². The second-order valence-electron chi connectivity index (χ2n) is 9.53. The van der Waals surface area contributed by atoms with Crippen LogP contribution in [0.2, 0.25) is 0 Å². The number of nitrogens with zero attached hydrogens (tertiary/aromatic N) is 2. The van der Waals surface area contributed by atoms with Crippen molar-refractivity contribution in [2.45, 2.75) is 44.2 Å². The highest BCUT2D eigenvalue weighted by Crippen LogP contribution is 2.23. The van der Waals surface area contributed by atoms with E-state index in [-0.39, 0.29) is 37.8 Å². The van der Waals surface area contributed by atoms with Crippen molar-refractivity contribution in [2.24, 2.45) is 22.2 Å². The molecular weight excluding hydrogens is 516 g/mol. The van der Waals surface area contributed by atoms with E-state index in [4.69, 9.17) is 17.2 Å². The number of likely N-dealkylation sites (tertiary alicyclic amines) is 1. The summed E-state index contributed by atoms with van der Waals surface area (Å²) >= 11 is 0. The molecule has 0 radical (unpaired) electrons. The molecule has 1 fully saturated rings. The van der Waals surface area contributed by atoms with Crippen molar-refractivity contribution in [1.82, 2.24) is 20.9 Å². The van der Waals surface area contributed by atoms with Gasteiger partial charge in [-0.25, -0.2) is 0 Å². The van der Waals surface area contributed by atoms with Gasteiger partial charge in [0.1, 0.15) is 12.1 Å². The number of fused-ring (bicyclic) bond motifs is 1. The maximum Gasteiger partial charge on any atom is 0.243 e. The van der Waals surface area contributed by atoms with Crippen LogP contribution in [0.25, 0.3) is 10.8 Å². The molecule has 0 aromatic heterocycles. The molecule has 0 saturated carbocycles. The van der Waals surface area contributed by atoms with Gasteiger partial charge in [-0.15, -0.1) is 0 Å². The molecule has 2 aromatic carbocycles. The third-order valence-corrected chi connectivity index (χ3v) is 6.55. The molecule has 2 aromatic rings. The Morgan fingerprint density at radius 2 is 1.73 bits per heavy atom. The summed E-state index contributed by atoms with van der Waals surface area (Å²) in [6, 6.07) is 11.9. The summed E-state index contributed by atoms with van der Waals surface area (Å²) in [7, 11) is 0. The Bertz CT molecular complexity index is 1270. The van der Waals surface area contributed by atoms with Crippen molar-refractivity contribution >= 4 is 46.3 Å². The minimum atomic E-state index is -0.997. The Labute approximate surface area is 231 Å². The van der Waals surface area contributed by atoms with E-state index in [9.17, 15) is 24.0 Å². The SMILES string of the molecule is NC(=O)CNC(=O)[C@H](CCCN=C(N)N)NC(=O)CNC(=O)[C@@H]1CCCN1C(=O)Cc1cccc2ccccc12. The number of benzene rings is 2. The lowest BCUT2D eigenvalue weighted by Crippen LogP contribution is -2.52. The molecule has 0 spiro atoms. The van der Waals surface area contributed by atoms with Gasteiger partial charge in [0.15, 0.2) is 5.96 Å². The molecule has 0 unspecified atom stereocenters. The normalized spacial score (nSPS) is 15.2. The zero-order valence-electron chi connectivity index (χ0n) is 22.2. The third kappa shape index (κ3) is 8.68. The van der Waals surface area contributed by atoms with E-state index < -0.39 is 42.3 Å². The number of rotatable bonds is 13. The lowest BCUT2D eigenvalue weighted by atomic mass is 10.0. The third-order valence-electron chi connectivity index (χ3n) is 6.55. The first-order chi connectivity index (χ1) is 19.2. The van der Waals surface area contributed by atoms with Crippen molar-refractivity contribution in [2.75, 3.05) is 26.2 Å². The predicted octanol–water partition coefficient (Wildman–Crippen LogP) is -1.37. The number of hydrogen-bond acceptors (Lipinski definition) is 6. The van der Waals surface area contributed by atoms with E-state index >= 15 is 0 Å². The molecule has 3 rings (SSSR count). The minimum absolute atomic E-state index is 0.0990. The number of nitrogens with two attached hydrogens (primary N) is 3. The monoisotopic (exact) mass is 552 g/mol. The fourth-order valence-electron chi connectivity index (χ4n) is 4.65. The summed E-state index contributed by atoms with van der Waals surface area (Å²) in [5, 5.41) is 9.50. The van der Waals surface area contributed by atoms with Gasteiger partial charge in [0, 0.05) is 13.1 Å². The second kappa shape index (κ2) is 14.5. The van der Waals surface area contributed by atoms with E-state index in [1.807, 2.05) is 42.5 Å². The van der Waals surface area contributed by atoms with Crippen molar-refractivity contribution in [3.63, 3.8) is 0 Å². The molecule has 0 bridgehead atoms. The number of nitrogens with one attached hydrogen (secondary N) is 3. The molecule has 9 N–H and O–H groups in total. The second-order valence-corrected chi connectivity index (χ2v) is 9.53. The van der Waals surface area contributed by atoms with Crippen LogP contribution in [0.1, 0.15) is 31.2 Å². The largest absolute Gasteiger partial charge is 0.370 e. The molecule has 13 nitrogen and oxygen atoms in total. The molecule has 5 amide bonds. The minimum Gasteiger partial charge on any atom is -0.370 e. The van der Waals surface area contributed by atoms with Crippen LogP contribution in [0.4, 0.5) is 0 Å². The van der Waals surface area contributed by atoms with Crippen molar-refractivity contribution in [1.29, 1.82) is 0 Å². The van der Waals surface area contributed by atoms with Gasteiger partial charge >= 0.3 is 0 Å². The van der Waals surface area contributed by atoms with Gasteiger partial charge in [0.2, 0.25) is 29.5 Å². The standard InChI is InChI=1S/C27H36N8O5/c28-22(36)15-32-25(39)20(10-4-12-31-27(29)30)34-23(37)16-33-26(40)21-11-5-13-35(21)24(38)14-18-8-3-7-17-6-1-2-9-19(17)18/h1-3,6-9,20-21H,4-5,10-16H2,(H2,28,36)(H,32,39)(H,33,40)(H,34,37)(H4,29,30,31)/t20-,21-/m0/s1. The van der Waals surface area contributed by atoms with Crippen LogP contribution in [0.3, 0.4) is 0 Å². The molecule has 0 aliphatic carbocycles.